The first kappa shape index (κ1) is 15.5. The summed E-state index contributed by atoms with van der Waals surface area (Å²) < 4.78 is 14.3. The van der Waals surface area contributed by atoms with Crippen molar-refractivity contribution in [2.45, 2.75) is 58.9 Å². The quantitative estimate of drug-likeness (QED) is 0.798. The maximum Gasteiger partial charge on any atom is 0.128 e. The zero-order chi connectivity index (χ0) is 14.5. The topological polar surface area (TPSA) is 12.0 Å². The number of hydrogen-bond acceptors (Lipinski definition) is 1. The zero-order valence-electron chi connectivity index (χ0n) is 13.1. The number of benzene rings is 1. The number of aryl methyl sites for hydroxylation is 1. The Morgan fingerprint density at radius 2 is 2.00 bits per heavy atom. The molecule has 0 amide bonds. The molecule has 3 atom stereocenters. The maximum absolute atomic E-state index is 14.3. The largest absolute Gasteiger partial charge is 0.310 e. The molecular formula is C18H28FN. The standard InChI is InChI=1S/C18H28FN/c1-4-14-8-6-7-9-15(14)18(20-5-2)16-12-13(3)10-11-17(16)19/h10-12,14-15,18,20H,4-9H2,1-3H3. The third-order valence-electron chi connectivity index (χ3n) is 4.83. The summed E-state index contributed by atoms with van der Waals surface area (Å²) in [5, 5.41) is 3.56. The molecule has 3 unspecified atom stereocenters. The van der Waals surface area contributed by atoms with Gasteiger partial charge in [-0.3, -0.25) is 0 Å². The Bertz CT molecular complexity index is 429. The van der Waals surface area contributed by atoms with Crippen LogP contribution in [0.2, 0.25) is 0 Å². The number of halogens is 1. The van der Waals surface area contributed by atoms with Crippen LogP contribution in [-0.2, 0) is 0 Å². The molecule has 20 heavy (non-hydrogen) atoms. The first-order valence-corrected chi connectivity index (χ1v) is 8.16. The summed E-state index contributed by atoms with van der Waals surface area (Å²) in [6.45, 7) is 7.33. The van der Waals surface area contributed by atoms with Gasteiger partial charge in [-0.25, -0.2) is 4.39 Å². The van der Waals surface area contributed by atoms with Crippen LogP contribution in [0.25, 0.3) is 0 Å². The van der Waals surface area contributed by atoms with Gasteiger partial charge in [-0.15, -0.1) is 0 Å². The van der Waals surface area contributed by atoms with Gasteiger partial charge in [-0.2, -0.15) is 0 Å². The molecular weight excluding hydrogens is 249 g/mol. The average molecular weight is 277 g/mol. The molecule has 112 valence electrons. The minimum Gasteiger partial charge on any atom is -0.310 e. The van der Waals surface area contributed by atoms with Crippen molar-refractivity contribution in [2.75, 3.05) is 6.54 Å². The monoisotopic (exact) mass is 277 g/mol. The minimum atomic E-state index is -0.0537. The lowest BCUT2D eigenvalue weighted by atomic mass is 9.72. The van der Waals surface area contributed by atoms with Gasteiger partial charge in [0, 0.05) is 11.6 Å². The Balaban J connectivity index is 2.31. The van der Waals surface area contributed by atoms with E-state index in [-0.39, 0.29) is 11.9 Å². The first-order valence-electron chi connectivity index (χ1n) is 8.16. The summed E-state index contributed by atoms with van der Waals surface area (Å²) in [5.74, 6) is 1.25. The molecule has 1 saturated carbocycles. The predicted octanol–water partition coefficient (Wildman–Crippen LogP) is 5.00. The van der Waals surface area contributed by atoms with E-state index in [1.54, 1.807) is 6.07 Å². The minimum absolute atomic E-state index is 0.0537. The molecule has 1 fully saturated rings. The molecule has 1 aliphatic rings. The van der Waals surface area contributed by atoms with E-state index in [1.807, 2.05) is 19.1 Å². The fraction of sp³-hybridized carbons (Fsp3) is 0.667. The molecule has 0 aliphatic heterocycles. The second kappa shape index (κ2) is 7.21. The van der Waals surface area contributed by atoms with E-state index in [4.69, 9.17) is 0 Å². The molecule has 2 rings (SSSR count). The molecule has 1 aromatic rings. The van der Waals surface area contributed by atoms with E-state index in [9.17, 15) is 4.39 Å². The van der Waals surface area contributed by atoms with Crippen LogP contribution >= 0.6 is 0 Å². The fourth-order valence-corrected chi connectivity index (χ4v) is 3.80. The summed E-state index contributed by atoms with van der Waals surface area (Å²) in [7, 11) is 0. The van der Waals surface area contributed by atoms with Gasteiger partial charge in [0.1, 0.15) is 5.82 Å². The average Bonchev–Trinajstić information content (AvgIpc) is 2.47. The number of nitrogens with one attached hydrogen (secondary N) is 1. The lowest BCUT2D eigenvalue weighted by molar-refractivity contribution is 0.174. The van der Waals surface area contributed by atoms with Crippen LogP contribution in [0.5, 0.6) is 0 Å². The highest BCUT2D eigenvalue weighted by atomic mass is 19.1. The molecule has 2 heteroatoms. The SMILES string of the molecule is CCNC(c1cc(C)ccc1F)C1CCCCC1CC. The third kappa shape index (κ3) is 3.41. The Labute approximate surface area is 123 Å². The fourth-order valence-electron chi connectivity index (χ4n) is 3.80. The Kier molecular flexibility index (Phi) is 5.59. The summed E-state index contributed by atoms with van der Waals surface area (Å²) in [5.41, 5.74) is 2.02. The van der Waals surface area contributed by atoms with Crippen molar-refractivity contribution in [3.63, 3.8) is 0 Å². The van der Waals surface area contributed by atoms with Crippen LogP contribution < -0.4 is 5.32 Å². The van der Waals surface area contributed by atoms with Gasteiger partial charge in [-0.1, -0.05) is 57.2 Å². The van der Waals surface area contributed by atoms with E-state index >= 15 is 0 Å². The van der Waals surface area contributed by atoms with Crippen molar-refractivity contribution in [1.29, 1.82) is 0 Å². The third-order valence-corrected chi connectivity index (χ3v) is 4.83. The highest BCUT2D eigenvalue weighted by Crippen LogP contribution is 2.41. The molecule has 0 heterocycles. The van der Waals surface area contributed by atoms with Gasteiger partial charge in [0.2, 0.25) is 0 Å². The summed E-state index contributed by atoms with van der Waals surface area (Å²) in [6.07, 6.45) is 6.36. The van der Waals surface area contributed by atoms with Crippen LogP contribution in [0, 0.1) is 24.6 Å². The van der Waals surface area contributed by atoms with Crippen LogP contribution in [0.4, 0.5) is 4.39 Å². The second-order valence-corrected chi connectivity index (χ2v) is 6.18. The molecule has 1 aliphatic carbocycles. The maximum atomic E-state index is 14.3. The van der Waals surface area contributed by atoms with Crippen LogP contribution in [-0.4, -0.2) is 6.54 Å². The van der Waals surface area contributed by atoms with Gasteiger partial charge in [-0.05, 0) is 37.8 Å². The van der Waals surface area contributed by atoms with Crippen molar-refractivity contribution in [3.05, 3.63) is 35.1 Å². The van der Waals surface area contributed by atoms with E-state index in [0.29, 0.717) is 5.92 Å². The Morgan fingerprint density at radius 1 is 1.25 bits per heavy atom. The highest BCUT2D eigenvalue weighted by Gasteiger charge is 2.32. The lowest BCUT2D eigenvalue weighted by Gasteiger charge is -2.37. The van der Waals surface area contributed by atoms with E-state index in [0.717, 1.165) is 23.6 Å². The van der Waals surface area contributed by atoms with E-state index in [2.05, 4.69) is 19.2 Å². The first-order chi connectivity index (χ1) is 9.67. The van der Waals surface area contributed by atoms with Crippen LogP contribution in [0.1, 0.15) is 63.1 Å². The van der Waals surface area contributed by atoms with Crippen molar-refractivity contribution in [3.8, 4) is 0 Å². The normalized spacial score (nSPS) is 24.6. The van der Waals surface area contributed by atoms with E-state index < -0.39 is 0 Å². The van der Waals surface area contributed by atoms with Gasteiger partial charge in [0.15, 0.2) is 0 Å². The van der Waals surface area contributed by atoms with Gasteiger partial charge >= 0.3 is 0 Å². The second-order valence-electron chi connectivity index (χ2n) is 6.18. The molecule has 1 nitrogen and oxygen atoms in total. The molecule has 0 spiro atoms. The van der Waals surface area contributed by atoms with Crippen molar-refractivity contribution in [1.82, 2.24) is 5.32 Å². The van der Waals surface area contributed by atoms with Crippen molar-refractivity contribution in [2.24, 2.45) is 11.8 Å². The molecule has 1 N–H and O–H groups in total. The van der Waals surface area contributed by atoms with Gasteiger partial charge in [0.05, 0.1) is 0 Å². The Hall–Kier alpha value is -0.890. The van der Waals surface area contributed by atoms with Crippen LogP contribution in [0.15, 0.2) is 18.2 Å². The Morgan fingerprint density at radius 3 is 2.70 bits per heavy atom. The molecule has 0 bridgehead atoms. The highest BCUT2D eigenvalue weighted by molar-refractivity contribution is 5.27. The van der Waals surface area contributed by atoms with E-state index in [1.165, 1.54) is 32.1 Å². The van der Waals surface area contributed by atoms with Gasteiger partial charge < -0.3 is 5.32 Å². The molecule has 0 aromatic heterocycles. The zero-order valence-corrected chi connectivity index (χ0v) is 13.1. The van der Waals surface area contributed by atoms with Crippen molar-refractivity contribution >= 4 is 0 Å². The summed E-state index contributed by atoms with van der Waals surface area (Å²) in [4.78, 5) is 0. The van der Waals surface area contributed by atoms with Crippen LogP contribution in [0.3, 0.4) is 0 Å². The summed E-state index contributed by atoms with van der Waals surface area (Å²) in [6, 6.07) is 5.69. The molecule has 0 saturated heterocycles. The predicted molar refractivity (Wildman–Crippen MR) is 83.3 cm³/mol. The lowest BCUT2D eigenvalue weighted by Crippen LogP contribution is -2.35. The molecule has 1 aromatic carbocycles. The smallest absolute Gasteiger partial charge is 0.128 e. The number of rotatable bonds is 5. The summed E-state index contributed by atoms with van der Waals surface area (Å²) >= 11 is 0. The van der Waals surface area contributed by atoms with Crippen molar-refractivity contribution < 1.29 is 4.39 Å². The molecule has 0 radical (unpaired) electrons. The van der Waals surface area contributed by atoms with Gasteiger partial charge in [0.25, 0.3) is 0 Å². The number of hydrogen-bond donors (Lipinski definition) is 1.